The average Bonchev–Trinajstić information content (AvgIpc) is 3.36. The van der Waals surface area contributed by atoms with Crippen molar-refractivity contribution in [1.29, 1.82) is 0 Å². The number of methoxy groups -OCH3 is 1. The van der Waals surface area contributed by atoms with Crippen LogP contribution in [0.1, 0.15) is 42.4 Å². The predicted octanol–water partition coefficient (Wildman–Crippen LogP) is 4.97. The highest BCUT2D eigenvalue weighted by Crippen LogP contribution is 2.41. The molecule has 0 spiro atoms. The number of carbonyl (C=O) groups is 2. The average molecular weight is 467 g/mol. The first-order valence-electron chi connectivity index (χ1n) is 11.0. The van der Waals surface area contributed by atoms with Crippen molar-refractivity contribution in [2.75, 3.05) is 20.3 Å². The van der Waals surface area contributed by atoms with Gasteiger partial charge in [0.1, 0.15) is 5.82 Å². The molecule has 2 heterocycles. The number of Topliss-reactive ketones (excluding diaryl/α,β-unsaturated/α-hetero) is 1. The number of nitrogens with zero attached hydrogens (tertiary/aromatic N) is 1. The van der Waals surface area contributed by atoms with Gasteiger partial charge < -0.3 is 23.9 Å². The first-order valence-corrected chi connectivity index (χ1v) is 11.0. The molecule has 2 aromatic carbocycles. The van der Waals surface area contributed by atoms with Gasteiger partial charge in [-0.1, -0.05) is 30.3 Å². The Bertz CT molecular complexity index is 1260. The summed E-state index contributed by atoms with van der Waals surface area (Å²) in [5.74, 6) is -2.38. The number of benzene rings is 2. The number of halogens is 1. The van der Waals surface area contributed by atoms with Crippen LogP contribution in [-0.4, -0.2) is 48.1 Å². The summed E-state index contributed by atoms with van der Waals surface area (Å²) in [6.07, 6.45) is 0.469. The molecule has 0 saturated carbocycles. The molecule has 1 amide bonds. The Hall–Kier alpha value is -3.65. The van der Waals surface area contributed by atoms with Gasteiger partial charge >= 0.3 is 0 Å². The minimum absolute atomic E-state index is 0.0189. The van der Waals surface area contributed by atoms with Crippen molar-refractivity contribution in [1.82, 2.24) is 4.90 Å². The summed E-state index contributed by atoms with van der Waals surface area (Å²) in [7, 11) is 1.48. The lowest BCUT2D eigenvalue weighted by Crippen LogP contribution is -2.33. The Morgan fingerprint density at radius 3 is 2.68 bits per heavy atom. The van der Waals surface area contributed by atoms with Crippen LogP contribution in [0.25, 0.3) is 11.0 Å². The van der Waals surface area contributed by atoms with Gasteiger partial charge in [0, 0.05) is 24.1 Å². The number of para-hydroxylation sites is 1. The minimum Gasteiger partial charge on any atom is -0.503 e. The van der Waals surface area contributed by atoms with Crippen molar-refractivity contribution < 1.29 is 33.0 Å². The molecule has 1 aliphatic heterocycles. The lowest BCUT2D eigenvalue weighted by molar-refractivity contribution is -0.129. The second-order valence-electron chi connectivity index (χ2n) is 8.28. The second kappa shape index (κ2) is 9.69. The molecule has 0 radical (unpaired) electrons. The zero-order chi connectivity index (χ0) is 24.4. The number of amides is 1. The summed E-state index contributed by atoms with van der Waals surface area (Å²) in [4.78, 5) is 27.9. The topological polar surface area (TPSA) is 89.2 Å². The van der Waals surface area contributed by atoms with E-state index in [1.807, 2.05) is 13.8 Å². The van der Waals surface area contributed by atoms with Crippen LogP contribution in [0.5, 0.6) is 5.75 Å². The highest BCUT2D eigenvalue weighted by atomic mass is 19.1. The summed E-state index contributed by atoms with van der Waals surface area (Å²) in [6, 6.07) is 11.5. The molecule has 1 unspecified atom stereocenters. The molecular formula is C26H26FNO6. The van der Waals surface area contributed by atoms with Crippen molar-refractivity contribution in [2.24, 2.45) is 0 Å². The van der Waals surface area contributed by atoms with Crippen molar-refractivity contribution in [3.05, 3.63) is 77.0 Å². The van der Waals surface area contributed by atoms with Crippen molar-refractivity contribution >= 4 is 22.7 Å². The maximum absolute atomic E-state index is 14.9. The number of ketones is 1. The number of ether oxygens (including phenoxy) is 2. The number of hydrogen-bond acceptors (Lipinski definition) is 6. The van der Waals surface area contributed by atoms with Crippen molar-refractivity contribution in [3.8, 4) is 5.75 Å². The highest BCUT2D eigenvalue weighted by Gasteiger charge is 2.45. The number of fused-ring (bicyclic) bond motifs is 1. The van der Waals surface area contributed by atoms with Gasteiger partial charge in [-0.15, -0.1) is 0 Å². The molecule has 1 aromatic heterocycles. The Morgan fingerprint density at radius 1 is 1.21 bits per heavy atom. The zero-order valence-electron chi connectivity index (χ0n) is 19.2. The molecule has 1 aliphatic rings. The number of aliphatic hydroxyl groups is 1. The number of rotatable bonds is 9. The largest absolute Gasteiger partial charge is 0.503 e. The molecule has 1 N–H and O–H groups in total. The van der Waals surface area contributed by atoms with Gasteiger partial charge in [0.25, 0.3) is 5.91 Å². The number of hydrogen-bond donors (Lipinski definition) is 1. The Labute approximate surface area is 196 Å². The van der Waals surface area contributed by atoms with Crippen LogP contribution in [-0.2, 0) is 9.53 Å². The van der Waals surface area contributed by atoms with Gasteiger partial charge in [-0.05, 0) is 38.5 Å². The van der Waals surface area contributed by atoms with E-state index in [1.165, 1.54) is 36.3 Å². The van der Waals surface area contributed by atoms with E-state index >= 15 is 0 Å². The van der Waals surface area contributed by atoms with Gasteiger partial charge in [-0.2, -0.15) is 0 Å². The van der Waals surface area contributed by atoms with E-state index in [4.69, 9.17) is 13.9 Å². The maximum Gasteiger partial charge on any atom is 0.290 e. The van der Waals surface area contributed by atoms with Gasteiger partial charge in [-0.25, -0.2) is 4.39 Å². The molecule has 34 heavy (non-hydrogen) atoms. The fourth-order valence-electron chi connectivity index (χ4n) is 4.13. The van der Waals surface area contributed by atoms with Crippen LogP contribution in [0, 0.1) is 5.82 Å². The first-order chi connectivity index (χ1) is 16.3. The normalized spacial score (nSPS) is 16.2. The van der Waals surface area contributed by atoms with Gasteiger partial charge in [-0.3, -0.25) is 9.59 Å². The van der Waals surface area contributed by atoms with E-state index in [-0.39, 0.29) is 29.5 Å². The van der Waals surface area contributed by atoms with Crippen LogP contribution >= 0.6 is 0 Å². The highest BCUT2D eigenvalue weighted by molar-refractivity contribution is 6.16. The Morgan fingerprint density at radius 2 is 1.97 bits per heavy atom. The van der Waals surface area contributed by atoms with Crippen LogP contribution in [0.2, 0.25) is 0 Å². The van der Waals surface area contributed by atoms with E-state index in [0.29, 0.717) is 29.7 Å². The number of aliphatic hydroxyl groups excluding tert-OH is 1. The molecule has 7 nitrogen and oxygen atoms in total. The first kappa shape index (κ1) is 23.5. The Kier molecular flexibility index (Phi) is 6.70. The van der Waals surface area contributed by atoms with E-state index in [1.54, 1.807) is 24.3 Å². The summed E-state index contributed by atoms with van der Waals surface area (Å²) in [5.41, 5.74) is 0.252. The molecule has 0 saturated heterocycles. The van der Waals surface area contributed by atoms with Gasteiger partial charge in [0.05, 0.1) is 24.8 Å². The maximum atomic E-state index is 14.9. The predicted molar refractivity (Wildman–Crippen MR) is 123 cm³/mol. The summed E-state index contributed by atoms with van der Waals surface area (Å²) in [6.45, 7) is 4.34. The number of carbonyl (C=O) groups excluding carboxylic acids is 2. The summed E-state index contributed by atoms with van der Waals surface area (Å²) in [5, 5.41) is 11.4. The van der Waals surface area contributed by atoms with E-state index in [9.17, 15) is 19.1 Å². The monoisotopic (exact) mass is 467 g/mol. The van der Waals surface area contributed by atoms with Gasteiger partial charge in [0.15, 0.2) is 22.9 Å². The molecule has 0 bridgehead atoms. The van der Waals surface area contributed by atoms with Crippen LogP contribution in [0.3, 0.4) is 0 Å². The standard InChI is InChI=1S/C26H26FNO6/c1-15(2)33-13-7-12-28-22(17-9-4-5-10-18(17)27)21(24(30)26(28)31)23(29)20-14-16-8-6-11-19(32-3)25(16)34-20/h4-6,8-11,14-15,22,30H,7,12-13H2,1-3H3. The lowest BCUT2D eigenvalue weighted by atomic mass is 9.94. The Balaban J connectivity index is 1.74. The van der Waals surface area contributed by atoms with Crippen LogP contribution in [0.15, 0.2) is 64.3 Å². The fraction of sp³-hybridized carbons (Fsp3) is 0.308. The molecule has 4 rings (SSSR count). The molecule has 178 valence electrons. The van der Waals surface area contributed by atoms with E-state index < -0.39 is 29.3 Å². The van der Waals surface area contributed by atoms with Crippen molar-refractivity contribution in [2.45, 2.75) is 32.4 Å². The lowest BCUT2D eigenvalue weighted by Gasteiger charge is -2.27. The molecule has 0 fully saturated rings. The third-order valence-electron chi connectivity index (χ3n) is 5.69. The van der Waals surface area contributed by atoms with Crippen molar-refractivity contribution in [3.63, 3.8) is 0 Å². The summed E-state index contributed by atoms with van der Waals surface area (Å²) < 4.78 is 31.4. The molecular weight excluding hydrogens is 441 g/mol. The van der Waals surface area contributed by atoms with Crippen LogP contribution in [0.4, 0.5) is 4.39 Å². The SMILES string of the molecule is COc1cccc2cc(C(=O)C3=C(O)C(=O)N(CCCOC(C)C)C3c3ccccc3F)oc12. The molecule has 8 heteroatoms. The molecule has 3 aromatic rings. The van der Waals surface area contributed by atoms with E-state index in [2.05, 4.69) is 0 Å². The third-order valence-corrected chi connectivity index (χ3v) is 5.69. The fourth-order valence-corrected chi connectivity index (χ4v) is 4.13. The zero-order valence-corrected chi connectivity index (χ0v) is 19.2. The molecule has 1 atom stereocenters. The minimum atomic E-state index is -1.10. The quantitative estimate of drug-likeness (QED) is 0.353. The van der Waals surface area contributed by atoms with Crippen LogP contribution < -0.4 is 4.74 Å². The second-order valence-corrected chi connectivity index (χ2v) is 8.28. The number of furan rings is 1. The van der Waals surface area contributed by atoms with E-state index in [0.717, 1.165) is 0 Å². The molecule has 0 aliphatic carbocycles. The summed E-state index contributed by atoms with van der Waals surface area (Å²) >= 11 is 0. The van der Waals surface area contributed by atoms with Gasteiger partial charge in [0.2, 0.25) is 5.78 Å². The third kappa shape index (κ3) is 4.28. The smallest absolute Gasteiger partial charge is 0.290 e.